The SMILES string of the molecule is CCC(=O)Nc1cc(C(=O)OCc2ccc(Oc3ccc([N+](=O)[O-])cc3)cc2)ccc1C. The van der Waals surface area contributed by atoms with E-state index in [1.54, 1.807) is 49.4 Å². The number of amides is 1. The van der Waals surface area contributed by atoms with Crippen molar-refractivity contribution in [3.05, 3.63) is 93.5 Å². The van der Waals surface area contributed by atoms with Gasteiger partial charge in [-0.05, 0) is 54.4 Å². The van der Waals surface area contributed by atoms with E-state index < -0.39 is 10.9 Å². The van der Waals surface area contributed by atoms with Crippen LogP contribution in [0, 0.1) is 17.0 Å². The van der Waals surface area contributed by atoms with E-state index in [-0.39, 0.29) is 18.2 Å². The summed E-state index contributed by atoms with van der Waals surface area (Å²) in [6.07, 6.45) is 0.345. The van der Waals surface area contributed by atoms with Gasteiger partial charge in [-0.1, -0.05) is 25.1 Å². The van der Waals surface area contributed by atoms with Gasteiger partial charge in [-0.25, -0.2) is 4.79 Å². The average molecular weight is 434 g/mol. The molecule has 0 aliphatic heterocycles. The Bertz CT molecular complexity index is 1120. The van der Waals surface area contributed by atoms with Crippen molar-refractivity contribution < 1.29 is 24.0 Å². The fourth-order valence-corrected chi connectivity index (χ4v) is 2.78. The van der Waals surface area contributed by atoms with Crippen LogP contribution in [0.4, 0.5) is 11.4 Å². The lowest BCUT2D eigenvalue weighted by atomic mass is 10.1. The Labute approximate surface area is 184 Å². The van der Waals surface area contributed by atoms with Gasteiger partial charge in [-0.15, -0.1) is 0 Å². The van der Waals surface area contributed by atoms with Gasteiger partial charge >= 0.3 is 5.97 Å². The summed E-state index contributed by atoms with van der Waals surface area (Å²) in [7, 11) is 0. The van der Waals surface area contributed by atoms with Crippen LogP contribution in [-0.2, 0) is 16.1 Å². The highest BCUT2D eigenvalue weighted by Crippen LogP contribution is 2.24. The van der Waals surface area contributed by atoms with E-state index in [0.717, 1.165) is 11.1 Å². The second-order valence-electron chi connectivity index (χ2n) is 7.00. The van der Waals surface area contributed by atoms with Gasteiger partial charge in [0.25, 0.3) is 5.69 Å². The summed E-state index contributed by atoms with van der Waals surface area (Å²) in [5.41, 5.74) is 2.54. The number of ether oxygens (including phenoxy) is 2. The molecule has 8 heteroatoms. The number of esters is 1. The molecule has 3 aromatic carbocycles. The topological polar surface area (TPSA) is 108 Å². The first-order valence-electron chi connectivity index (χ1n) is 9.94. The predicted molar refractivity (Wildman–Crippen MR) is 119 cm³/mol. The van der Waals surface area contributed by atoms with Crippen LogP contribution in [0.5, 0.6) is 11.5 Å². The van der Waals surface area contributed by atoms with Crippen molar-refractivity contribution in [1.29, 1.82) is 0 Å². The van der Waals surface area contributed by atoms with Gasteiger partial charge in [-0.2, -0.15) is 0 Å². The van der Waals surface area contributed by atoms with E-state index in [1.165, 1.54) is 24.3 Å². The number of hydrogen-bond donors (Lipinski definition) is 1. The molecule has 164 valence electrons. The third-order valence-corrected chi connectivity index (χ3v) is 4.64. The minimum Gasteiger partial charge on any atom is -0.457 e. The van der Waals surface area contributed by atoms with Crippen molar-refractivity contribution in [3.8, 4) is 11.5 Å². The number of anilines is 1. The quantitative estimate of drug-likeness (QED) is 0.289. The molecule has 0 aromatic heterocycles. The molecule has 0 radical (unpaired) electrons. The Balaban J connectivity index is 1.58. The molecule has 0 saturated carbocycles. The van der Waals surface area contributed by atoms with Crippen molar-refractivity contribution in [1.82, 2.24) is 0 Å². The van der Waals surface area contributed by atoms with Crippen molar-refractivity contribution in [2.24, 2.45) is 0 Å². The van der Waals surface area contributed by atoms with Crippen molar-refractivity contribution in [3.63, 3.8) is 0 Å². The molecule has 0 atom stereocenters. The van der Waals surface area contributed by atoms with Gasteiger partial charge in [0.05, 0.1) is 10.5 Å². The van der Waals surface area contributed by atoms with Gasteiger partial charge in [0.2, 0.25) is 5.91 Å². The van der Waals surface area contributed by atoms with Crippen LogP contribution >= 0.6 is 0 Å². The van der Waals surface area contributed by atoms with Gasteiger partial charge in [0, 0.05) is 24.2 Å². The lowest BCUT2D eigenvalue weighted by Crippen LogP contribution is -2.12. The zero-order valence-electron chi connectivity index (χ0n) is 17.7. The standard InChI is InChI=1S/C24H22N2O6/c1-3-23(27)25-22-14-18(7-4-16(22)2)24(28)31-15-17-5-10-20(11-6-17)32-21-12-8-19(9-13-21)26(29)30/h4-14H,3,15H2,1-2H3,(H,25,27). The number of nitrogens with zero attached hydrogens (tertiary/aromatic N) is 1. The van der Waals surface area contributed by atoms with E-state index in [1.807, 2.05) is 6.92 Å². The van der Waals surface area contributed by atoms with E-state index in [9.17, 15) is 19.7 Å². The number of aryl methyl sites for hydroxylation is 1. The molecule has 0 saturated heterocycles. The number of hydrogen-bond acceptors (Lipinski definition) is 6. The second-order valence-corrected chi connectivity index (χ2v) is 7.00. The molecular formula is C24H22N2O6. The maximum absolute atomic E-state index is 12.4. The molecule has 3 aromatic rings. The summed E-state index contributed by atoms with van der Waals surface area (Å²) in [5, 5.41) is 13.5. The van der Waals surface area contributed by atoms with E-state index >= 15 is 0 Å². The fourth-order valence-electron chi connectivity index (χ4n) is 2.78. The van der Waals surface area contributed by atoms with Crippen LogP contribution in [0.1, 0.15) is 34.8 Å². The first kappa shape index (κ1) is 22.5. The fraction of sp³-hybridized carbons (Fsp3) is 0.167. The summed E-state index contributed by atoms with van der Waals surface area (Å²) in [5.74, 6) is 0.391. The molecule has 0 bridgehead atoms. The molecule has 1 amide bonds. The van der Waals surface area contributed by atoms with Gasteiger partial charge in [0.1, 0.15) is 18.1 Å². The summed E-state index contributed by atoms with van der Waals surface area (Å²) in [6.45, 7) is 3.67. The Morgan fingerprint density at radius 3 is 2.19 bits per heavy atom. The third-order valence-electron chi connectivity index (χ3n) is 4.64. The number of benzene rings is 3. The maximum atomic E-state index is 12.4. The highest BCUT2D eigenvalue weighted by atomic mass is 16.6. The molecular weight excluding hydrogens is 412 g/mol. The second kappa shape index (κ2) is 10.2. The Morgan fingerprint density at radius 1 is 0.969 bits per heavy atom. The maximum Gasteiger partial charge on any atom is 0.338 e. The molecule has 32 heavy (non-hydrogen) atoms. The van der Waals surface area contributed by atoms with Crippen LogP contribution in [0.2, 0.25) is 0 Å². The van der Waals surface area contributed by atoms with Gasteiger partial charge in [0.15, 0.2) is 0 Å². The average Bonchev–Trinajstić information content (AvgIpc) is 2.80. The zero-order chi connectivity index (χ0) is 23.1. The molecule has 0 heterocycles. The number of nitro groups is 1. The molecule has 0 unspecified atom stereocenters. The lowest BCUT2D eigenvalue weighted by Gasteiger charge is -2.11. The summed E-state index contributed by atoms with van der Waals surface area (Å²) >= 11 is 0. The number of nitro benzene ring substituents is 1. The molecule has 0 aliphatic carbocycles. The smallest absolute Gasteiger partial charge is 0.338 e. The molecule has 0 aliphatic rings. The van der Waals surface area contributed by atoms with Crippen LogP contribution in [0.15, 0.2) is 66.7 Å². The van der Waals surface area contributed by atoms with Crippen molar-refractivity contribution in [2.75, 3.05) is 5.32 Å². The largest absolute Gasteiger partial charge is 0.457 e. The van der Waals surface area contributed by atoms with Crippen LogP contribution in [0.3, 0.4) is 0 Å². The zero-order valence-corrected chi connectivity index (χ0v) is 17.7. The minimum absolute atomic E-state index is 0.0112. The first-order valence-corrected chi connectivity index (χ1v) is 9.94. The first-order chi connectivity index (χ1) is 15.4. The van der Waals surface area contributed by atoms with Gasteiger partial charge in [-0.3, -0.25) is 14.9 Å². The molecule has 0 fully saturated rings. The number of rotatable bonds is 8. The summed E-state index contributed by atoms with van der Waals surface area (Å²) in [6, 6.07) is 17.7. The van der Waals surface area contributed by atoms with Crippen molar-refractivity contribution >= 4 is 23.3 Å². The van der Waals surface area contributed by atoms with Gasteiger partial charge < -0.3 is 14.8 Å². The molecule has 1 N–H and O–H groups in total. The van der Waals surface area contributed by atoms with E-state index in [0.29, 0.717) is 29.2 Å². The number of carbonyl (C=O) groups is 2. The summed E-state index contributed by atoms with van der Waals surface area (Å²) < 4.78 is 11.0. The van der Waals surface area contributed by atoms with E-state index in [2.05, 4.69) is 5.32 Å². The molecule has 3 rings (SSSR count). The Kier molecular flexibility index (Phi) is 7.17. The van der Waals surface area contributed by atoms with Crippen LogP contribution in [-0.4, -0.2) is 16.8 Å². The summed E-state index contributed by atoms with van der Waals surface area (Å²) in [4.78, 5) is 34.3. The third kappa shape index (κ3) is 5.91. The number of carbonyl (C=O) groups excluding carboxylic acids is 2. The number of non-ortho nitro benzene ring substituents is 1. The highest BCUT2D eigenvalue weighted by molar-refractivity contribution is 5.95. The highest BCUT2D eigenvalue weighted by Gasteiger charge is 2.11. The predicted octanol–water partition coefficient (Wildman–Crippen LogP) is 5.40. The van der Waals surface area contributed by atoms with Crippen LogP contribution < -0.4 is 10.1 Å². The number of nitrogens with one attached hydrogen (secondary N) is 1. The Morgan fingerprint density at radius 2 is 1.59 bits per heavy atom. The normalized spacial score (nSPS) is 10.3. The van der Waals surface area contributed by atoms with E-state index in [4.69, 9.17) is 9.47 Å². The molecule has 8 nitrogen and oxygen atoms in total. The Hall–Kier alpha value is -4.20. The van der Waals surface area contributed by atoms with Crippen molar-refractivity contribution in [2.45, 2.75) is 26.9 Å². The lowest BCUT2D eigenvalue weighted by molar-refractivity contribution is -0.384. The molecule has 0 spiro atoms. The monoisotopic (exact) mass is 434 g/mol. The van der Waals surface area contributed by atoms with Crippen LogP contribution in [0.25, 0.3) is 0 Å². The minimum atomic E-state index is -0.497.